The number of hydrogen-bond donors (Lipinski definition) is 2. The Morgan fingerprint density at radius 2 is 2.03 bits per heavy atom. The molecular weight excluding hydrogens is 420 g/mol. The molecule has 1 heterocycles. The first-order valence-electron chi connectivity index (χ1n) is 10.7. The molecule has 1 aliphatic rings. The maximum absolute atomic E-state index is 11.1. The second-order valence-electron chi connectivity index (χ2n) is 8.90. The largest absolute Gasteiger partial charge is 0.487 e. The molecule has 2 rings (SSSR count). The van der Waals surface area contributed by atoms with Crippen LogP contribution < -0.4 is 8.92 Å². The van der Waals surface area contributed by atoms with E-state index in [-0.39, 0.29) is 17.3 Å². The van der Waals surface area contributed by atoms with E-state index >= 15 is 0 Å². The lowest BCUT2D eigenvalue weighted by Crippen LogP contribution is -2.36. The molecule has 0 saturated heterocycles. The molecule has 8 heteroatoms. The fourth-order valence-corrected chi connectivity index (χ4v) is 4.26. The van der Waals surface area contributed by atoms with Crippen LogP contribution in [-0.2, 0) is 21.6 Å². The Morgan fingerprint density at radius 3 is 2.65 bits per heavy atom. The molecule has 0 spiro atoms. The molecule has 2 N–H and O–H groups in total. The molecule has 1 aromatic rings. The molecule has 0 radical (unpaired) electrons. The van der Waals surface area contributed by atoms with E-state index in [1.54, 1.807) is 19.9 Å². The van der Waals surface area contributed by atoms with Gasteiger partial charge in [0.2, 0.25) is 0 Å². The number of ether oxygens (including phenoxy) is 1. The second kappa shape index (κ2) is 10.0. The Kier molecular flexibility index (Phi) is 8.16. The first-order chi connectivity index (χ1) is 14.3. The summed E-state index contributed by atoms with van der Waals surface area (Å²) in [6.45, 7) is 9.50. The SMILES string of the molecule is C/C(=C\CCC1(C)CCc2cc(OS(=O)(=O)O)c(C)c(C)c2O1)CCCC(C)C(=O)O. The van der Waals surface area contributed by atoms with Crippen LogP contribution in [0.2, 0.25) is 0 Å². The summed E-state index contributed by atoms with van der Waals surface area (Å²) in [4.78, 5) is 10.9. The van der Waals surface area contributed by atoms with Crippen LogP contribution in [0.1, 0.15) is 76.0 Å². The first-order valence-corrected chi connectivity index (χ1v) is 12.1. The topological polar surface area (TPSA) is 110 Å². The van der Waals surface area contributed by atoms with Gasteiger partial charge in [-0.15, -0.1) is 0 Å². The lowest BCUT2D eigenvalue weighted by atomic mass is 9.86. The highest BCUT2D eigenvalue weighted by atomic mass is 32.3. The third-order valence-electron chi connectivity index (χ3n) is 6.13. The van der Waals surface area contributed by atoms with Crippen LogP contribution in [0.15, 0.2) is 17.7 Å². The Labute approximate surface area is 185 Å². The minimum Gasteiger partial charge on any atom is -0.487 e. The smallest absolute Gasteiger partial charge is 0.446 e. The summed E-state index contributed by atoms with van der Waals surface area (Å²) >= 11 is 0. The fraction of sp³-hybridized carbons (Fsp3) is 0.609. The Morgan fingerprint density at radius 1 is 1.35 bits per heavy atom. The number of benzene rings is 1. The molecule has 7 nitrogen and oxygen atoms in total. The van der Waals surface area contributed by atoms with Gasteiger partial charge in [-0.2, -0.15) is 8.42 Å². The quantitative estimate of drug-likeness (QED) is 0.370. The van der Waals surface area contributed by atoms with Gasteiger partial charge < -0.3 is 14.0 Å². The van der Waals surface area contributed by atoms with Crippen LogP contribution >= 0.6 is 0 Å². The summed E-state index contributed by atoms with van der Waals surface area (Å²) in [5, 5.41) is 8.96. The maximum atomic E-state index is 11.1. The van der Waals surface area contributed by atoms with Crippen molar-refractivity contribution in [1.29, 1.82) is 0 Å². The maximum Gasteiger partial charge on any atom is 0.446 e. The van der Waals surface area contributed by atoms with Crippen LogP contribution in [0.4, 0.5) is 0 Å². The summed E-state index contributed by atoms with van der Waals surface area (Å²) in [5.74, 6) is -0.164. The molecule has 0 aliphatic carbocycles. The molecule has 0 bridgehead atoms. The predicted octanol–water partition coefficient (Wildman–Crippen LogP) is 5.19. The van der Waals surface area contributed by atoms with E-state index in [1.165, 1.54) is 5.57 Å². The molecule has 2 unspecified atom stereocenters. The highest BCUT2D eigenvalue weighted by Gasteiger charge is 2.33. The molecule has 31 heavy (non-hydrogen) atoms. The molecule has 1 aromatic carbocycles. The number of rotatable bonds is 10. The van der Waals surface area contributed by atoms with Crippen molar-refractivity contribution >= 4 is 16.4 Å². The molecule has 174 valence electrons. The summed E-state index contributed by atoms with van der Waals surface area (Å²) in [7, 11) is -4.58. The van der Waals surface area contributed by atoms with Crippen molar-refractivity contribution in [2.45, 2.75) is 85.2 Å². The number of carbonyl (C=O) groups is 1. The zero-order valence-corrected chi connectivity index (χ0v) is 19.8. The average molecular weight is 455 g/mol. The number of allylic oxidation sites excluding steroid dienone is 2. The average Bonchev–Trinajstić information content (AvgIpc) is 2.65. The van der Waals surface area contributed by atoms with Crippen molar-refractivity contribution < 1.29 is 31.8 Å². The zero-order chi connectivity index (χ0) is 23.4. The van der Waals surface area contributed by atoms with Gasteiger partial charge >= 0.3 is 16.4 Å². The summed E-state index contributed by atoms with van der Waals surface area (Å²) in [5.41, 5.74) is 3.23. The molecule has 2 atom stereocenters. The second-order valence-corrected chi connectivity index (χ2v) is 9.92. The van der Waals surface area contributed by atoms with Crippen molar-refractivity contribution in [3.8, 4) is 11.5 Å². The van der Waals surface area contributed by atoms with Crippen molar-refractivity contribution in [3.63, 3.8) is 0 Å². The van der Waals surface area contributed by atoms with E-state index < -0.39 is 16.4 Å². The normalized spacial score (nSPS) is 20.0. The van der Waals surface area contributed by atoms with Gasteiger partial charge in [0.1, 0.15) is 17.1 Å². The Bertz CT molecular complexity index is 949. The first kappa shape index (κ1) is 25.2. The summed E-state index contributed by atoms with van der Waals surface area (Å²) < 4.78 is 42.3. The van der Waals surface area contributed by atoms with E-state index in [0.717, 1.165) is 55.4 Å². The highest BCUT2D eigenvalue weighted by molar-refractivity contribution is 7.81. The van der Waals surface area contributed by atoms with Crippen LogP contribution in [-0.4, -0.2) is 29.6 Å². The van der Waals surface area contributed by atoms with E-state index in [0.29, 0.717) is 12.0 Å². The van der Waals surface area contributed by atoms with Gasteiger partial charge in [0, 0.05) is 0 Å². The Balaban J connectivity index is 1.99. The van der Waals surface area contributed by atoms with E-state index in [4.69, 9.17) is 18.6 Å². The minimum atomic E-state index is -4.58. The Hall–Kier alpha value is -2.06. The number of carboxylic acid groups (broad SMARTS) is 1. The molecule has 1 aliphatic heterocycles. The summed E-state index contributed by atoms with van der Waals surface area (Å²) in [6.07, 6.45) is 7.87. The van der Waals surface area contributed by atoms with Crippen molar-refractivity contribution in [1.82, 2.24) is 0 Å². The van der Waals surface area contributed by atoms with Crippen molar-refractivity contribution in [3.05, 3.63) is 34.4 Å². The number of aryl methyl sites for hydroxylation is 1. The number of hydrogen-bond acceptors (Lipinski definition) is 5. The van der Waals surface area contributed by atoms with Gasteiger partial charge in [0.25, 0.3) is 0 Å². The van der Waals surface area contributed by atoms with Crippen LogP contribution in [0, 0.1) is 19.8 Å². The number of carboxylic acids is 1. The molecule has 0 fully saturated rings. The zero-order valence-electron chi connectivity index (χ0n) is 19.0. The van der Waals surface area contributed by atoms with Crippen molar-refractivity contribution in [2.24, 2.45) is 5.92 Å². The standard InChI is InChI=1S/C23H34O7S/c1-15(8-6-10-16(2)22(24)25)9-7-12-23(5)13-11-19-14-20(30-31(26,27)28)17(3)18(4)21(19)29-23/h9,14,16H,6-8,10-13H2,1-5H3,(H,24,25)(H,26,27,28)/b15-9+. The predicted molar refractivity (Wildman–Crippen MR) is 119 cm³/mol. The van der Waals surface area contributed by atoms with Crippen LogP contribution in [0.25, 0.3) is 0 Å². The molecule has 0 saturated carbocycles. The monoisotopic (exact) mass is 454 g/mol. The van der Waals surface area contributed by atoms with E-state index in [2.05, 4.69) is 19.9 Å². The minimum absolute atomic E-state index is 0.127. The van der Waals surface area contributed by atoms with Crippen LogP contribution in [0.3, 0.4) is 0 Å². The van der Waals surface area contributed by atoms with Gasteiger partial charge in [0.05, 0.1) is 5.92 Å². The summed E-state index contributed by atoms with van der Waals surface area (Å²) in [6, 6.07) is 1.63. The number of aliphatic carboxylic acids is 1. The van der Waals surface area contributed by atoms with Gasteiger partial charge in [-0.1, -0.05) is 18.6 Å². The van der Waals surface area contributed by atoms with Crippen LogP contribution in [0.5, 0.6) is 11.5 Å². The fourth-order valence-electron chi connectivity index (χ4n) is 3.86. The lowest BCUT2D eigenvalue weighted by molar-refractivity contribution is -0.141. The third-order valence-corrected chi connectivity index (χ3v) is 6.52. The van der Waals surface area contributed by atoms with E-state index in [9.17, 15) is 13.2 Å². The number of fused-ring (bicyclic) bond motifs is 1. The van der Waals surface area contributed by atoms with Crippen molar-refractivity contribution in [2.75, 3.05) is 0 Å². The molecule has 0 aromatic heterocycles. The van der Waals surface area contributed by atoms with E-state index in [1.807, 2.05) is 6.92 Å². The molecule has 0 amide bonds. The van der Waals surface area contributed by atoms with Gasteiger partial charge in [-0.25, -0.2) is 0 Å². The van der Waals surface area contributed by atoms with Gasteiger partial charge in [-0.3, -0.25) is 9.35 Å². The van der Waals surface area contributed by atoms with Gasteiger partial charge in [-0.05, 0) is 95.4 Å². The lowest BCUT2D eigenvalue weighted by Gasteiger charge is -2.37. The van der Waals surface area contributed by atoms with Gasteiger partial charge in [0.15, 0.2) is 0 Å². The molecular formula is C23H34O7S. The third kappa shape index (κ3) is 7.25. The highest BCUT2D eigenvalue weighted by Crippen LogP contribution is 2.42.